The first-order valence-electron chi connectivity index (χ1n) is 12.3. The number of carbonyl (C=O) groups is 2. The number of alkyl halides is 3. The van der Waals surface area contributed by atoms with Gasteiger partial charge in [0.05, 0.1) is 28.8 Å². The molecule has 1 fully saturated rings. The Labute approximate surface area is 231 Å². The summed E-state index contributed by atoms with van der Waals surface area (Å²) in [4.78, 5) is 26.4. The summed E-state index contributed by atoms with van der Waals surface area (Å²) in [5, 5.41) is 3.13. The molecule has 4 atom stereocenters. The number of amides is 1. The number of ether oxygens (including phenoxy) is 2. The zero-order valence-electron chi connectivity index (χ0n) is 21.7. The number of hydrogen-bond donors (Lipinski definition) is 1. The van der Waals surface area contributed by atoms with E-state index in [4.69, 9.17) is 32.7 Å². The zero-order chi connectivity index (χ0) is 28.5. The molecule has 2 unspecified atom stereocenters. The molecule has 0 heterocycles. The van der Waals surface area contributed by atoms with Crippen LogP contribution in [0.1, 0.15) is 58.6 Å². The van der Waals surface area contributed by atoms with E-state index in [1.807, 2.05) is 0 Å². The smallest absolute Gasteiger partial charge is 0.392 e. The third-order valence-corrected chi connectivity index (χ3v) is 7.40. The van der Waals surface area contributed by atoms with E-state index in [-0.39, 0.29) is 17.1 Å². The summed E-state index contributed by atoms with van der Waals surface area (Å²) in [5.41, 5.74) is -1.05. The highest BCUT2D eigenvalue weighted by molar-refractivity contribution is 6.33. The summed E-state index contributed by atoms with van der Waals surface area (Å²) in [6.07, 6.45) is 1.66. The van der Waals surface area contributed by atoms with Gasteiger partial charge in [0.1, 0.15) is 17.1 Å². The van der Waals surface area contributed by atoms with Crippen LogP contribution in [0.15, 0.2) is 54.3 Å². The van der Waals surface area contributed by atoms with Crippen molar-refractivity contribution in [3.8, 4) is 0 Å². The lowest BCUT2D eigenvalue weighted by Crippen LogP contribution is -2.40. The molecule has 3 rings (SSSR count). The molecule has 0 saturated heterocycles. The van der Waals surface area contributed by atoms with Gasteiger partial charge < -0.3 is 14.8 Å². The third-order valence-electron chi connectivity index (χ3n) is 6.79. The number of benzene rings is 1. The Bertz CT molecular complexity index is 1140. The minimum Gasteiger partial charge on any atom is -0.493 e. The van der Waals surface area contributed by atoms with Crippen molar-refractivity contribution in [2.45, 2.75) is 64.8 Å². The fraction of sp³-hybridized carbons (Fsp3) is 0.500. The lowest BCUT2D eigenvalue weighted by molar-refractivity contribution is -0.188. The molecule has 208 valence electrons. The fourth-order valence-corrected chi connectivity index (χ4v) is 4.93. The number of nitrogens with one attached hydrogen (secondary N) is 1. The van der Waals surface area contributed by atoms with Gasteiger partial charge in [0.25, 0.3) is 0 Å². The molecule has 2 aliphatic carbocycles. The van der Waals surface area contributed by atoms with Crippen LogP contribution < -0.4 is 5.32 Å². The monoisotopic (exact) mass is 573 g/mol. The lowest BCUT2D eigenvalue weighted by atomic mass is 9.78. The molecule has 1 amide bonds. The Morgan fingerprint density at radius 3 is 2.37 bits per heavy atom. The molecule has 0 bridgehead atoms. The van der Waals surface area contributed by atoms with E-state index in [0.29, 0.717) is 23.4 Å². The van der Waals surface area contributed by atoms with E-state index in [2.05, 4.69) is 11.9 Å². The van der Waals surface area contributed by atoms with Gasteiger partial charge in [-0.1, -0.05) is 54.9 Å². The van der Waals surface area contributed by atoms with E-state index in [1.54, 1.807) is 32.9 Å². The molecule has 0 radical (unpaired) electrons. The van der Waals surface area contributed by atoms with Gasteiger partial charge in [-0.25, -0.2) is 0 Å². The SMILES string of the molecule is C=COC(c1ccc(Cl)c(NC(=O)[C@H](C2C=CC(Cl)=CC2)[C@@H](C)C(F)(F)F)c1)C1(C(=O)OC(C)(C)C)CC1. The van der Waals surface area contributed by atoms with E-state index in [0.717, 1.165) is 6.92 Å². The van der Waals surface area contributed by atoms with Gasteiger partial charge in [-0.3, -0.25) is 9.59 Å². The predicted molar refractivity (Wildman–Crippen MR) is 142 cm³/mol. The number of anilines is 1. The molecular weight excluding hydrogens is 542 g/mol. The predicted octanol–water partition coefficient (Wildman–Crippen LogP) is 8.12. The quantitative estimate of drug-likeness (QED) is 0.239. The van der Waals surface area contributed by atoms with Crippen molar-refractivity contribution in [1.29, 1.82) is 0 Å². The van der Waals surface area contributed by atoms with Gasteiger partial charge in [-0.05, 0) is 69.7 Å². The van der Waals surface area contributed by atoms with Gasteiger partial charge in [0, 0.05) is 5.03 Å². The van der Waals surface area contributed by atoms with Crippen LogP contribution in [0.4, 0.5) is 18.9 Å². The van der Waals surface area contributed by atoms with Gasteiger partial charge in [-0.2, -0.15) is 13.2 Å². The van der Waals surface area contributed by atoms with Crippen molar-refractivity contribution in [3.05, 3.63) is 64.9 Å². The number of rotatable bonds is 9. The second-order valence-electron chi connectivity index (χ2n) is 10.8. The van der Waals surface area contributed by atoms with Crippen LogP contribution in [0.2, 0.25) is 5.02 Å². The minimum absolute atomic E-state index is 0.111. The number of allylic oxidation sites excluding steroid dienone is 4. The molecular formula is C28H32Cl2F3NO4. The normalized spacial score (nSPS) is 21.0. The van der Waals surface area contributed by atoms with Crippen LogP contribution in [0, 0.1) is 23.2 Å². The standard InChI is InChI=1S/C28H32Cl2F3NO4/c1-6-37-23(27(13-14-27)25(36)38-26(3,4)5)18-9-12-20(30)21(15-18)34-24(35)22(16(2)28(31,32)33)17-7-10-19(29)11-8-17/h6-7,9-12,15-17,22-23H,1,8,13-14H2,2-5H3,(H,34,35)/t16-,17?,22+,23?/m1/s1. The maximum Gasteiger partial charge on any atom is 0.392 e. The zero-order valence-corrected chi connectivity index (χ0v) is 23.2. The molecule has 1 saturated carbocycles. The summed E-state index contributed by atoms with van der Waals surface area (Å²) in [6.45, 7) is 9.91. The van der Waals surface area contributed by atoms with Crippen molar-refractivity contribution in [2.24, 2.45) is 23.2 Å². The van der Waals surface area contributed by atoms with Crippen molar-refractivity contribution in [2.75, 3.05) is 5.32 Å². The Morgan fingerprint density at radius 1 is 1.21 bits per heavy atom. The van der Waals surface area contributed by atoms with E-state index in [9.17, 15) is 22.8 Å². The Balaban J connectivity index is 1.92. The van der Waals surface area contributed by atoms with Crippen LogP contribution >= 0.6 is 23.2 Å². The molecule has 2 aliphatic rings. The average Bonchev–Trinajstić information content (AvgIpc) is 3.61. The Hall–Kier alpha value is -2.45. The summed E-state index contributed by atoms with van der Waals surface area (Å²) in [7, 11) is 0. The van der Waals surface area contributed by atoms with Crippen LogP contribution in [-0.2, 0) is 19.1 Å². The molecule has 10 heteroatoms. The van der Waals surface area contributed by atoms with Crippen LogP contribution in [0.3, 0.4) is 0 Å². The van der Waals surface area contributed by atoms with Crippen molar-refractivity contribution >= 4 is 40.8 Å². The first-order chi connectivity index (χ1) is 17.6. The van der Waals surface area contributed by atoms with Gasteiger partial charge in [0.15, 0.2) is 0 Å². The molecule has 1 N–H and O–H groups in total. The van der Waals surface area contributed by atoms with Gasteiger partial charge in [0.2, 0.25) is 5.91 Å². The molecule has 0 aliphatic heterocycles. The van der Waals surface area contributed by atoms with Crippen molar-refractivity contribution in [1.82, 2.24) is 0 Å². The summed E-state index contributed by atoms with van der Waals surface area (Å²) in [6, 6.07) is 4.66. The fourth-order valence-electron chi connectivity index (χ4n) is 4.60. The molecule has 5 nitrogen and oxygen atoms in total. The molecule has 0 spiro atoms. The van der Waals surface area contributed by atoms with Crippen molar-refractivity contribution < 1.29 is 32.2 Å². The third kappa shape index (κ3) is 6.94. The number of halogens is 5. The first-order valence-corrected chi connectivity index (χ1v) is 13.1. The van der Waals surface area contributed by atoms with E-state index < -0.39 is 52.9 Å². The van der Waals surface area contributed by atoms with Crippen LogP contribution in [0.25, 0.3) is 0 Å². The molecule has 38 heavy (non-hydrogen) atoms. The highest BCUT2D eigenvalue weighted by Crippen LogP contribution is 2.58. The molecule has 0 aromatic heterocycles. The average molecular weight is 574 g/mol. The summed E-state index contributed by atoms with van der Waals surface area (Å²) >= 11 is 12.3. The summed E-state index contributed by atoms with van der Waals surface area (Å²) < 4.78 is 52.6. The number of carbonyl (C=O) groups excluding carboxylic acids is 2. The lowest BCUT2D eigenvalue weighted by Gasteiger charge is -2.31. The second-order valence-corrected chi connectivity index (χ2v) is 11.6. The largest absolute Gasteiger partial charge is 0.493 e. The van der Waals surface area contributed by atoms with E-state index in [1.165, 1.54) is 30.5 Å². The number of hydrogen-bond acceptors (Lipinski definition) is 4. The summed E-state index contributed by atoms with van der Waals surface area (Å²) in [5.74, 6) is -5.32. The Morgan fingerprint density at radius 2 is 1.87 bits per heavy atom. The van der Waals surface area contributed by atoms with Crippen LogP contribution in [-0.4, -0.2) is 23.7 Å². The first kappa shape index (κ1) is 30.1. The topological polar surface area (TPSA) is 64.6 Å². The van der Waals surface area contributed by atoms with Gasteiger partial charge in [-0.15, -0.1) is 0 Å². The second kappa shape index (κ2) is 11.3. The maximum atomic E-state index is 13.8. The Kier molecular flexibility index (Phi) is 8.98. The molecule has 1 aromatic rings. The maximum absolute atomic E-state index is 13.8. The van der Waals surface area contributed by atoms with Gasteiger partial charge >= 0.3 is 12.1 Å². The molecule has 1 aromatic carbocycles. The number of esters is 1. The highest BCUT2D eigenvalue weighted by Gasteiger charge is 2.59. The minimum atomic E-state index is -4.60. The highest BCUT2D eigenvalue weighted by atomic mass is 35.5. The van der Waals surface area contributed by atoms with Crippen molar-refractivity contribution in [3.63, 3.8) is 0 Å². The van der Waals surface area contributed by atoms with Crippen LogP contribution in [0.5, 0.6) is 0 Å². The van der Waals surface area contributed by atoms with E-state index >= 15 is 0 Å².